The number of rotatable bonds is 4. The first kappa shape index (κ1) is 12.0. The first-order valence-corrected chi connectivity index (χ1v) is 5.41. The lowest BCUT2D eigenvalue weighted by atomic mass is 10.2. The van der Waals surface area contributed by atoms with Crippen LogP contribution in [-0.2, 0) is 11.3 Å². The lowest BCUT2D eigenvalue weighted by Gasteiger charge is -2.07. The van der Waals surface area contributed by atoms with E-state index >= 15 is 0 Å². The van der Waals surface area contributed by atoms with Crippen LogP contribution < -0.4 is 11.1 Å². The van der Waals surface area contributed by atoms with Crippen LogP contribution in [-0.4, -0.2) is 27.2 Å². The number of nitrogens with two attached hydrogens (primary N) is 1. The second-order valence-electron chi connectivity index (χ2n) is 3.59. The van der Waals surface area contributed by atoms with Gasteiger partial charge in [-0.1, -0.05) is 13.8 Å². The molecule has 0 aromatic carbocycles. The lowest BCUT2D eigenvalue weighted by molar-refractivity contribution is -0.122. The Morgan fingerprint density at radius 3 is 2.80 bits per heavy atom. The van der Waals surface area contributed by atoms with E-state index in [1.165, 1.54) is 4.68 Å². The summed E-state index contributed by atoms with van der Waals surface area (Å²) in [5.41, 5.74) is 5.37. The van der Waals surface area contributed by atoms with Gasteiger partial charge < -0.3 is 11.1 Å². The third-order valence-corrected chi connectivity index (χ3v) is 2.23. The summed E-state index contributed by atoms with van der Waals surface area (Å²) in [5.74, 6) is 0.478. The van der Waals surface area contributed by atoms with E-state index in [4.69, 9.17) is 5.73 Å². The van der Waals surface area contributed by atoms with E-state index in [0.29, 0.717) is 17.2 Å². The van der Waals surface area contributed by atoms with Crippen LogP contribution in [0.5, 0.6) is 0 Å². The average molecular weight is 276 g/mol. The number of halogens is 1. The predicted molar refractivity (Wildman–Crippen MR) is 60.0 cm³/mol. The molecule has 7 heteroatoms. The molecule has 0 radical (unpaired) electrons. The average Bonchev–Trinajstić information content (AvgIpc) is 2.42. The van der Waals surface area contributed by atoms with E-state index in [0.717, 1.165) is 0 Å². The Labute approximate surface area is 96.4 Å². The fraction of sp³-hybridized carbons (Fsp3) is 0.625. The summed E-state index contributed by atoms with van der Waals surface area (Å²) in [5, 5.41) is 6.63. The minimum Gasteiger partial charge on any atom is -0.366 e. The first-order valence-electron chi connectivity index (χ1n) is 4.61. The van der Waals surface area contributed by atoms with Gasteiger partial charge in [0.2, 0.25) is 11.9 Å². The van der Waals surface area contributed by atoms with Crippen LogP contribution >= 0.6 is 15.9 Å². The van der Waals surface area contributed by atoms with Crippen LogP contribution in [0.25, 0.3) is 0 Å². The van der Waals surface area contributed by atoms with E-state index < -0.39 is 0 Å². The Kier molecular flexibility index (Phi) is 4.07. The molecule has 15 heavy (non-hydrogen) atoms. The van der Waals surface area contributed by atoms with Crippen molar-refractivity contribution in [3.8, 4) is 0 Å². The molecule has 0 aliphatic heterocycles. The number of carbonyl (C=O) groups is 1. The topological polar surface area (TPSA) is 85.8 Å². The maximum atomic E-state index is 11.4. The summed E-state index contributed by atoms with van der Waals surface area (Å²) in [6.45, 7) is 4.84. The molecule has 0 aliphatic rings. The molecule has 0 atom stereocenters. The highest BCUT2D eigenvalue weighted by Gasteiger charge is 2.09. The molecule has 84 valence electrons. The molecule has 0 bridgehead atoms. The van der Waals surface area contributed by atoms with Gasteiger partial charge in [-0.3, -0.25) is 4.79 Å². The van der Waals surface area contributed by atoms with Gasteiger partial charge in [0.25, 0.3) is 0 Å². The van der Waals surface area contributed by atoms with Crippen molar-refractivity contribution in [3.63, 3.8) is 0 Å². The Bertz CT molecular complexity index is 349. The number of nitrogens with one attached hydrogen (secondary N) is 1. The zero-order chi connectivity index (χ0) is 11.4. The summed E-state index contributed by atoms with van der Waals surface area (Å²) in [6, 6.07) is 0. The molecule has 0 fully saturated rings. The predicted octanol–water partition coefficient (Wildman–Crippen LogP) is 0.395. The standard InChI is InChI=1S/C8H14BrN5O/c1-5(2)3-11-6(15)4-14-7(9)12-8(10)13-14/h5H,3-4H2,1-2H3,(H2,10,13)(H,11,15). The lowest BCUT2D eigenvalue weighted by Crippen LogP contribution is -2.31. The second kappa shape index (κ2) is 5.11. The minimum absolute atomic E-state index is 0.102. The molecule has 0 unspecified atom stereocenters. The highest BCUT2D eigenvalue weighted by atomic mass is 79.9. The van der Waals surface area contributed by atoms with E-state index in [-0.39, 0.29) is 18.4 Å². The van der Waals surface area contributed by atoms with Gasteiger partial charge in [0.15, 0.2) is 4.73 Å². The zero-order valence-corrected chi connectivity index (χ0v) is 10.3. The van der Waals surface area contributed by atoms with Crippen molar-refractivity contribution < 1.29 is 4.79 Å². The minimum atomic E-state index is -0.102. The van der Waals surface area contributed by atoms with Gasteiger partial charge in [-0.25, -0.2) is 4.68 Å². The Morgan fingerprint density at radius 2 is 2.33 bits per heavy atom. The molecule has 0 saturated carbocycles. The number of nitrogens with zero attached hydrogens (tertiary/aromatic N) is 3. The molecule has 0 saturated heterocycles. The number of hydrogen-bond acceptors (Lipinski definition) is 4. The van der Waals surface area contributed by atoms with E-state index in [2.05, 4.69) is 31.3 Å². The van der Waals surface area contributed by atoms with Crippen LogP contribution in [0.4, 0.5) is 5.95 Å². The number of nitrogen functional groups attached to an aromatic ring is 1. The van der Waals surface area contributed by atoms with Gasteiger partial charge in [-0.2, -0.15) is 4.98 Å². The molecule has 0 spiro atoms. The van der Waals surface area contributed by atoms with Gasteiger partial charge in [0.05, 0.1) is 0 Å². The van der Waals surface area contributed by atoms with Gasteiger partial charge in [-0.05, 0) is 21.8 Å². The molecule has 3 N–H and O–H groups in total. The Balaban J connectivity index is 2.48. The van der Waals surface area contributed by atoms with E-state index in [1.807, 2.05) is 13.8 Å². The number of amides is 1. The van der Waals surface area contributed by atoms with E-state index in [1.54, 1.807) is 0 Å². The van der Waals surface area contributed by atoms with Gasteiger partial charge in [0.1, 0.15) is 6.54 Å². The third-order valence-electron chi connectivity index (χ3n) is 1.64. The van der Waals surface area contributed by atoms with Crippen molar-refractivity contribution in [1.82, 2.24) is 20.1 Å². The molecule has 1 aromatic heterocycles. The van der Waals surface area contributed by atoms with Crippen LogP contribution in [0.15, 0.2) is 4.73 Å². The van der Waals surface area contributed by atoms with Crippen molar-refractivity contribution in [2.75, 3.05) is 12.3 Å². The van der Waals surface area contributed by atoms with E-state index in [9.17, 15) is 4.79 Å². The zero-order valence-electron chi connectivity index (χ0n) is 8.70. The van der Waals surface area contributed by atoms with Crippen molar-refractivity contribution in [3.05, 3.63) is 4.73 Å². The Morgan fingerprint density at radius 1 is 1.67 bits per heavy atom. The summed E-state index contributed by atoms with van der Waals surface area (Å²) in [7, 11) is 0. The van der Waals surface area contributed by atoms with Crippen molar-refractivity contribution >= 4 is 27.8 Å². The highest BCUT2D eigenvalue weighted by molar-refractivity contribution is 9.10. The Hall–Kier alpha value is -1.11. The van der Waals surface area contributed by atoms with Crippen LogP contribution in [0.1, 0.15) is 13.8 Å². The fourth-order valence-electron chi connectivity index (χ4n) is 0.950. The number of aromatic nitrogens is 3. The molecule has 0 aliphatic carbocycles. The van der Waals surface area contributed by atoms with Crippen molar-refractivity contribution in [2.24, 2.45) is 5.92 Å². The fourth-order valence-corrected chi connectivity index (χ4v) is 1.34. The molecule has 6 nitrogen and oxygen atoms in total. The largest absolute Gasteiger partial charge is 0.366 e. The number of hydrogen-bond donors (Lipinski definition) is 2. The second-order valence-corrected chi connectivity index (χ2v) is 4.30. The number of carbonyl (C=O) groups excluding carboxylic acids is 1. The molecule has 1 aromatic rings. The molecule has 1 heterocycles. The smallest absolute Gasteiger partial charge is 0.241 e. The quantitative estimate of drug-likeness (QED) is 0.833. The summed E-state index contributed by atoms with van der Waals surface area (Å²) in [6.07, 6.45) is 0. The van der Waals surface area contributed by atoms with Gasteiger partial charge >= 0.3 is 0 Å². The van der Waals surface area contributed by atoms with Crippen LogP contribution in [0, 0.1) is 5.92 Å². The summed E-state index contributed by atoms with van der Waals surface area (Å²) in [4.78, 5) is 15.2. The molecular formula is C8H14BrN5O. The maximum Gasteiger partial charge on any atom is 0.241 e. The summed E-state index contributed by atoms with van der Waals surface area (Å²) < 4.78 is 1.87. The number of anilines is 1. The monoisotopic (exact) mass is 275 g/mol. The van der Waals surface area contributed by atoms with Gasteiger partial charge in [0, 0.05) is 6.54 Å². The SMILES string of the molecule is CC(C)CNC(=O)Cn1nc(N)nc1Br. The van der Waals surface area contributed by atoms with Crippen LogP contribution in [0.3, 0.4) is 0 Å². The van der Waals surface area contributed by atoms with Crippen molar-refractivity contribution in [2.45, 2.75) is 20.4 Å². The summed E-state index contributed by atoms with van der Waals surface area (Å²) >= 11 is 3.15. The molecular weight excluding hydrogens is 262 g/mol. The third kappa shape index (κ3) is 3.86. The van der Waals surface area contributed by atoms with Crippen LogP contribution in [0.2, 0.25) is 0 Å². The van der Waals surface area contributed by atoms with Gasteiger partial charge in [-0.15, -0.1) is 5.10 Å². The molecule has 1 rings (SSSR count). The molecule has 1 amide bonds. The normalized spacial score (nSPS) is 10.7. The first-order chi connectivity index (χ1) is 6.99. The highest BCUT2D eigenvalue weighted by Crippen LogP contribution is 2.07. The van der Waals surface area contributed by atoms with Crippen molar-refractivity contribution in [1.29, 1.82) is 0 Å². The maximum absolute atomic E-state index is 11.4.